The summed E-state index contributed by atoms with van der Waals surface area (Å²) >= 11 is 0. The Morgan fingerprint density at radius 3 is 2.65 bits per heavy atom. The molecule has 1 amide bonds. The second-order valence-corrected chi connectivity index (χ2v) is 3.71. The van der Waals surface area contributed by atoms with Gasteiger partial charge in [0.1, 0.15) is 0 Å². The van der Waals surface area contributed by atoms with E-state index in [4.69, 9.17) is 16.6 Å². The lowest BCUT2D eigenvalue weighted by atomic mass is 10.1. The van der Waals surface area contributed by atoms with E-state index in [2.05, 4.69) is 5.32 Å². The summed E-state index contributed by atoms with van der Waals surface area (Å²) in [5, 5.41) is 21.0. The number of phenolic OH excluding ortho intramolecular Hbond substituents is 2. The van der Waals surface area contributed by atoms with E-state index >= 15 is 0 Å². The van der Waals surface area contributed by atoms with Crippen LogP contribution in [0.1, 0.15) is 5.56 Å². The smallest absolute Gasteiger partial charge is 0.238 e. The van der Waals surface area contributed by atoms with E-state index in [9.17, 15) is 9.90 Å². The van der Waals surface area contributed by atoms with E-state index in [1.165, 1.54) is 12.1 Å². The van der Waals surface area contributed by atoms with Crippen molar-refractivity contribution in [3.05, 3.63) is 23.8 Å². The third-order valence-corrected chi connectivity index (χ3v) is 2.34. The van der Waals surface area contributed by atoms with Crippen LogP contribution in [0.2, 0.25) is 0 Å². The number of nitrogens with one attached hydrogen (secondary N) is 1. The summed E-state index contributed by atoms with van der Waals surface area (Å²) in [6.07, 6.45) is 0.539. The fourth-order valence-electron chi connectivity index (χ4n) is 1.29. The molecule has 0 saturated heterocycles. The van der Waals surface area contributed by atoms with Gasteiger partial charge >= 0.3 is 0 Å². The molecule has 1 atom stereocenters. The van der Waals surface area contributed by atoms with E-state index in [1.54, 1.807) is 6.07 Å². The van der Waals surface area contributed by atoms with Crippen LogP contribution < -0.4 is 16.8 Å². The minimum Gasteiger partial charge on any atom is -0.504 e. The van der Waals surface area contributed by atoms with Gasteiger partial charge in [0, 0.05) is 13.1 Å². The lowest BCUT2D eigenvalue weighted by Gasteiger charge is -2.10. The Bertz CT molecular complexity index is 396. The summed E-state index contributed by atoms with van der Waals surface area (Å²) in [6.45, 7) is 0.503. The molecule has 0 aromatic heterocycles. The van der Waals surface area contributed by atoms with Crippen molar-refractivity contribution in [3.63, 3.8) is 0 Å². The van der Waals surface area contributed by atoms with Gasteiger partial charge in [-0.3, -0.25) is 4.79 Å². The molecule has 1 unspecified atom stereocenters. The average molecular weight is 239 g/mol. The standard InChI is InChI=1S/C11H17N3O3/c12-6-8(13)11(17)14-4-3-7-1-2-9(15)10(16)5-7/h1-2,5,8,15-16H,3-4,6,12-13H2,(H,14,17). The van der Waals surface area contributed by atoms with Crippen LogP contribution in [0, 0.1) is 0 Å². The fraction of sp³-hybridized carbons (Fsp3) is 0.364. The predicted molar refractivity (Wildman–Crippen MR) is 63.5 cm³/mol. The maximum atomic E-state index is 11.3. The summed E-state index contributed by atoms with van der Waals surface area (Å²) < 4.78 is 0. The summed E-state index contributed by atoms with van der Waals surface area (Å²) in [5.41, 5.74) is 11.5. The summed E-state index contributed by atoms with van der Waals surface area (Å²) in [4.78, 5) is 11.3. The number of hydrogen-bond acceptors (Lipinski definition) is 5. The molecule has 0 radical (unpaired) electrons. The Balaban J connectivity index is 2.41. The molecule has 7 N–H and O–H groups in total. The maximum Gasteiger partial charge on any atom is 0.238 e. The fourth-order valence-corrected chi connectivity index (χ4v) is 1.29. The molecule has 0 saturated carbocycles. The zero-order valence-electron chi connectivity index (χ0n) is 9.39. The van der Waals surface area contributed by atoms with Crippen LogP contribution >= 0.6 is 0 Å². The number of phenols is 2. The van der Waals surface area contributed by atoms with Gasteiger partial charge in [-0.05, 0) is 24.1 Å². The first-order valence-electron chi connectivity index (χ1n) is 5.28. The van der Waals surface area contributed by atoms with Crippen molar-refractivity contribution in [2.45, 2.75) is 12.5 Å². The molecule has 6 heteroatoms. The van der Waals surface area contributed by atoms with Crippen LogP contribution in [0.5, 0.6) is 11.5 Å². The zero-order chi connectivity index (χ0) is 12.8. The number of hydrogen-bond donors (Lipinski definition) is 5. The molecule has 0 heterocycles. The average Bonchev–Trinajstić information content (AvgIpc) is 2.32. The van der Waals surface area contributed by atoms with E-state index < -0.39 is 6.04 Å². The van der Waals surface area contributed by atoms with Crippen LogP contribution in [-0.2, 0) is 11.2 Å². The Morgan fingerprint density at radius 1 is 1.35 bits per heavy atom. The first kappa shape index (κ1) is 13.3. The molecule has 1 aromatic carbocycles. The Labute approximate surface area is 99.2 Å². The van der Waals surface area contributed by atoms with Crippen molar-refractivity contribution in [1.82, 2.24) is 5.32 Å². The summed E-state index contributed by atoms with van der Waals surface area (Å²) in [7, 11) is 0. The Kier molecular flexibility index (Phi) is 4.74. The van der Waals surface area contributed by atoms with Gasteiger partial charge in [-0.15, -0.1) is 0 Å². The number of carbonyl (C=O) groups is 1. The predicted octanol–water partition coefficient (Wildman–Crippen LogP) is -0.957. The first-order chi connectivity index (χ1) is 8.04. The number of aromatic hydroxyl groups is 2. The minimum atomic E-state index is -0.691. The van der Waals surface area contributed by atoms with Gasteiger partial charge in [-0.25, -0.2) is 0 Å². The lowest BCUT2D eigenvalue weighted by Crippen LogP contribution is -2.45. The lowest BCUT2D eigenvalue weighted by molar-refractivity contribution is -0.122. The zero-order valence-corrected chi connectivity index (χ0v) is 9.39. The second-order valence-electron chi connectivity index (χ2n) is 3.71. The van der Waals surface area contributed by atoms with Crippen molar-refractivity contribution in [3.8, 4) is 11.5 Å². The van der Waals surface area contributed by atoms with Crippen molar-refractivity contribution >= 4 is 5.91 Å². The molecule has 0 spiro atoms. The van der Waals surface area contributed by atoms with Gasteiger partial charge in [0.05, 0.1) is 6.04 Å². The molecule has 0 aliphatic heterocycles. The second kappa shape index (κ2) is 6.07. The Hall–Kier alpha value is -1.79. The van der Waals surface area contributed by atoms with Crippen LogP contribution in [-0.4, -0.2) is 35.3 Å². The molecule has 17 heavy (non-hydrogen) atoms. The van der Waals surface area contributed by atoms with Crippen molar-refractivity contribution in [2.75, 3.05) is 13.1 Å². The van der Waals surface area contributed by atoms with Crippen molar-refractivity contribution in [1.29, 1.82) is 0 Å². The number of carbonyl (C=O) groups excluding carboxylic acids is 1. The minimum absolute atomic E-state index is 0.103. The maximum absolute atomic E-state index is 11.3. The topological polar surface area (TPSA) is 122 Å². The van der Waals surface area contributed by atoms with Crippen LogP contribution in [0.25, 0.3) is 0 Å². The highest BCUT2D eigenvalue weighted by molar-refractivity contribution is 5.81. The number of amides is 1. The van der Waals surface area contributed by atoms with E-state index in [0.717, 1.165) is 5.56 Å². The van der Waals surface area contributed by atoms with Crippen LogP contribution in [0.3, 0.4) is 0 Å². The quantitative estimate of drug-likeness (QED) is 0.424. The van der Waals surface area contributed by atoms with Gasteiger partial charge in [0.2, 0.25) is 5.91 Å². The monoisotopic (exact) mass is 239 g/mol. The highest BCUT2D eigenvalue weighted by Crippen LogP contribution is 2.24. The van der Waals surface area contributed by atoms with E-state index in [0.29, 0.717) is 13.0 Å². The summed E-state index contributed by atoms with van der Waals surface area (Å²) in [6, 6.07) is 3.83. The van der Waals surface area contributed by atoms with Gasteiger partial charge in [0.25, 0.3) is 0 Å². The molecule has 6 nitrogen and oxygen atoms in total. The van der Waals surface area contributed by atoms with E-state index in [1.807, 2.05) is 0 Å². The van der Waals surface area contributed by atoms with E-state index in [-0.39, 0.29) is 24.0 Å². The Morgan fingerprint density at radius 2 is 2.06 bits per heavy atom. The highest BCUT2D eigenvalue weighted by Gasteiger charge is 2.10. The number of rotatable bonds is 5. The molecule has 1 rings (SSSR count). The third-order valence-electron chi connectivity index (χ3n) is 2.34. The van der Waals surface area contributed by atoms with Gasteiger partial charge in [0.15, 0.2) is 11.5 Å². The van der Waals surface area contributed by atoms with Gasteiger partial charge in [-0.1, -0.05) is 6.07 Å². The van der Waals surface area contributed by atoms with Crippen LogP contribution in [0.15, 0.2) is 18.2 Å². The molecule has 0 fully saturated rings. The molecule has 0 bridgehead atoms. The van der Waals surface area contributed by atoms with Crippen LogP contribution in [0.4, 0.5) is 0 Å². The van der Waals surface area contributed by atoms with Crippen molar-refractivity contribution in [2.24, 2.45) is 11.5 Å². The summed E-state index contributed by atoms with van der Waals surface area (Å²) in [5.74, 6) is -0.633. The molecule has 1 aromatic rings. The SMILES string of the molecule is NCC(N)C(=O)NCCc1ccc(O)c(O)c1. The normalized spacial score (nSPS) is 12.1. The highest BCUT2D eigenvalue weighted by atomic mass is 16.3. The largest absolute Gasteiger partial charge is 0.504 e. The molecule has 0 aliphatic carbocycles. The van der Waals surface area contributed by atoms with Gasteiger partial charge < -0.3 is 27.0 Å². The van der Waals surface area contributed by atoms with Crippen molar-refractivity contribution < 1.29 is 15.0 Å². The molecule has 0 aliphatic rings. The molecular weight excluding hydrogens is 222 g/mol. The molecular formula is C11H17N3O3. The first-order valence-corrected chi connectivity index (χ1v) is 5.28. The number of nitrogens with two attached hydrogens (primary N) is 2. The molecule has 94 valence electrons. The van der Waals surface area contributed by atoms with Gasteiger partial charge in [-0.2, -0.15) is 0 Å². The third kappa shape index (κ3) is 3.93. The number of benzene rings is 1.